The number of rotatable bonds is 3. The molecule has 2 rings (SSSR count). The number of hydrogen-bond acceptors (Lipinski definition) is 3. The van der Waals surface area contributed by atoms with Crippen LogP contribution in [0.5, 0.6) is 0 Å². The third-order valence-electron chi connectivity index (χ3n) is 3.82. The SMILES string of the molecule is CC1CN(Cc2ccc(C(=O)NN)cc2)CC1C. The molecule has 0 saturated carbocycles. The Kier molecular flexibility index (Phi) is 3.99. The number of hydrogen-bond donors (Lipinski definition) is 2. The molecule has 0 spiro atoms. The van der Waals surface area contributed by atoms with Crippen molar-refractivity contribution in [2.24, 2.45) is 17.7 Å². The minimum Gasteiger partial charge on any atom is -0.299 e. The Labute approximate surface area is 108 Å². The minimum absolute atomic E-state index is 0.245. The normalized spacial score (nSPS) is 24.2. The monoisotopic (exact) mass is 247 g/mol. The molecular weight excluding hydrogens is 226 g/mol. The van der Waals surface area contributed by atoms with E-state index in [4.69, 9.17) is 5.84 Å². The molecule has 18 heavy (non-hydrogen) atoms. The summed E-state index contributed by atoms with van der Waals surface area (Å²) < 4.78 is 0. The number of hydrazine groups is 1. The number of carbonyl (C=O) groups is 1. The van der Waals surface area contributed by atoms with Crippen molar-refractivity contribution in [2.75, 3.05) is 13.1 Å². The number of benzene rings is 1. The molecule has 1 saturated heterocycles. The molecule has 0 bridgehead atoms. The van der Waals surface area contributed by atoms with Gasteiger partial charge in [0, 0.05) is 25.2 Å². The fraction of sp³-hybridized carbons (Fsp3) is 0.500. The van der Waals surface area contributed by atoms with Gasteiger partial charge in [0.1, 0.15) is 0 Å². The van der Waals surface area contributed by atoms with Crippen LogP contribution in [-0.4, -0.2) is 23.9 Å². The molecule has 1 heterocycles. The van der Waals surface area contributed by atoms with Crippen molar-refractivity contribution in [1.82, 2.24) is 10.3 Å². The van der Waals surface area contributed by atoms with E-state index >= 15 is 0 Å². The van der Waals surface area contributed by atoms with E-state index in [-0.39, 0.29) is 5.91 Å². The number of nitrogens with two attached hydrogens (primary N) is 1. The summed E-state index contributed by atoms with van der Waals surface area (Å²) in [7, 11) is 0. The number of amides is 1. The Morgan fingerprint density at radius 1 is 1.28 bits per heavy atom. The molecule has 1 aliphatic rings. The van der Waals surface area contributed by atoms with Crippen LogP contribution >= 0.6 is 0 Å². The molecule has 4 nitrogen and oxygen atoms in total. The summed E-state index contributed by atoms with van der Waals surface area (Å²) in [5, 5.41) is 0. The van der Waals surface area contributed by atoms with Crippen LogP contribution in [0.2, 0.25) is 0 Å². The van der Waals surface area contributed by atoms with Gasteiger partial charge in [-0.3, -0.25) is 15.1 Å². The van der Waals surface area contributed by atoms with Gasteiger partial charge in [0.25, 0.3) is 5.91 Å². The first-order valence-electron chi connectivity index (χ1n) is 6.42. The van der Waals surface area contributed by atoms with Crippen molar-refractivity contribution in [1.29, 1.82) is 0 Å². The molecule has 4 heteroatoms. The van der Waals surface area contributed by atoms with Gasteiger partial charge in [-0.2, -0.15) is 0 Å². The number of likely N-dealkylation sites (tertiary alicyclic amines) is 1. The zero-order valence-corrected chi connectivity index (χ0v) is 11.0. The van der Waals surface area contributed by atoms with Crippen molar-refractivity contribution in [3.8, 4) is 0 Å². The summed E-state index contributed by atoms with van der Waals surface area (Å²) in [4.78, 5) is 13.8. The average molecular weight is 247 g/mol. The Bertz CT molecular complexity index is 406. The van der Waals surface area contributed by atoms with Crippen LogP contribution in [0.25, 0.3) is 0 Å². The van der Waals surface area contributed by atoms with E-state index in [9.17, 15) is 4.79 Å². The van der Waals surface area contributed by atoms with Crippen LogP contribution < -0.4 is 11.3 Å². The fourth-order valence-electron chi connectivity index (χ4n) is 2.48. The molecule has 98 valence electrons. The van der Waals surface area contributed by atoms with Crippen LogP contribution in [0.4, 0.5) is 0 Å². The molecule has 3 N–H and O–H groups in total. The maximum atomic E-state index is 11.3. The molecule has 1 amide bonds. The average Bonchev–Trinajstić information content (AvgIpc) is 2.68. The summed E-state index contributed by atoms with van der Waals surface area (Å²) in [6.45, 7) is 7.89. The number of carbonyl (C=O) groups excluding carboxylic acids is 1. The van der Waals surface area contributed by atoms with Gasteiger partial charge in [-0.25, -0.2) is 5.84 Å². The highest BCUT2D eigenvalue weighted by molar-refractivity contribution is 5.93. The lowest BCUT2D eigenvalue weighted by atomic mass is 10.0. The van der Waals surface area contributed by atoms with E-state index in [0.29, 0.717) is 5.56 Å². The predicted octanol–water partition coefficient (Wildman–Crippen LogP) is 1.38. The lowest BCUT2D eigenvalue weighted by Gasteiger charge is -2.15. The van der Waals surface area contributed by atoms with Crippen LogP contribution in [0.1, 0.15) is 29.8 Å². The lowest BCUT2D eigenvalue weighted by molar-refractivity contribution is 0.0953. The maximum absolute atomic E-state index is 11.3. The van der Waals surface area contributed by atoms with Gasteiger partial charge >= 0.3 is 0 Å². The standard InChI is InChI=1S/C14H21N3O/c1-10-7-17(8-11(10)2)9-12-3-5-13(6-4-12)14(18)16-15/h3-6,10-11H,7-9,15H2,1-2H3,(H,16,18). The van der Waals surface area contributed by atoms with E-state index in [0.717, 1.165) is 31.5 Å². The highest BCUT2D eigenvalue weighted by Crippen LogP contribution is 2.23. The first-order chi connectivity index (χ1) is 8.60. The van der Waals surface area contributed by atoms with E-state index in [1.165, 1.54) is 5.56 Å². The van der Waals surface area contributed by atoms with E-state index in [1.807, 2.05) is 24.3 Å². The highest BCUT2D eigenvalue weighted by Gasteiger charge is 2.25. The van der Waals surface area contributed by atoms with Gasteiger partial charge in [0.15, 0.2) is 0 Å². The second-order valence-electron chi connectivity index (χ2n) is 5.32. The van der Waals surface area contributed by atoms with Crippen molar-refractivity contribution in [3.63, 3.8) is 0 Å². The number of nitrogens with one attached hydrogen (secondary N) is 1. The van der Waals surface area contributed by atoms with E-state index in [2.05, 4.69) is 24.2 Å². The summed E-state index contributed by atoms with van der Waals surface area (Å²) in [5.41, 5.74) is 3.98. The van der Waals surface area contributed by atoms with Crippen LogP contribution in [-0.2, 0) is 6.54 Å². The van der Waals surface area contributed by atoms with Crippen molar-refractivity contribution in [2.45, 2.75) is 20.4 Å². The molecule has 2 atom stereocenters. The van der Waals surface area contributed by atoms with Gasteiger partial charge in [0.05, 0.1) is 0 Å². The van der Waals surface area contributed by atoms with Gasteiger partial charge in [-0.05, 0) is 29.5 Å². The Morgan fingerprint density at radius 2 is 1.83 bits per heavy atom. The van der Waals surface area contributed by atoms with Gasteiger partial charge in [-0.1, -0.05) is 26.0 Å². The smallest absolute Gasteiger partial charge is 0.265 e. The van der Waals surface area contributed by atoms with Gasteiger partial charge < -0.3 is 0 Å². The first kappa shape index (κ1) is 13.1. The van der Waals surface area contributed by atoms with Gasteiger partial charge in [0.2, 0.25) is 0 Å². The third kappa shape index (κ3) is 2.89. The summed E-state index contributed by atoms with van der Waals surface area (Å²) in [5.74, 6) is 6.39. The number of nitrogens with zero attached hydrogens (tertiary/aromatic N) is 1. The molecule has 0 radical (unpaired) electrons. The molecule has 1 fully saturated rings. The quantitative estimate of drug-likeness (QED) is 0.482. The zero-order chi connectivity index (χ0) is 13.1. The minimum atomic E-state index is -0.245. The molecule has 1 aliphatic heterocycles. The van der Waals surface area contributed by atoms with Crippen molar-refractivity contribution >= 4 is 5.91 Å². The molecule has 2 unspecified atom stereocenters. The largest absolute Gasteiger partial charge is 0.299 e. The second kappa shape index (κ2) is 5.50. The topological polar surface area (TPSA) is 58.4 Å². The van der Waals surface area contributed by atoms with E-state index in [1.54, 1.807) is 0 Å². The highest BCUT2D eigenvalue weighted by atomic mass is 16.2. The molecular formula is C14H21N3O. The van der Waals surface area contributed by atoms with Crippen molar-refractivity contribution < 1.29 is 4.79 Å². The Balaban J connectivity index is 1.97. The molecule has 0 aromatic heterocycles. The Morgan fingerprint density at radius 3 is 2.33 bits per heavy atom. The molecule has 0 aliphatic carbocycles. The predicted molar refractivity (Wildman–Crippen MR) is 71.7 cm³/mol. The van der Waals surface area contributed by atoms with Crippen LogP contribution in [0, 0.1) is 11.8 Å². The first-order valence-corrected chi connectivity index (χ1v) is 6.42. The zero-order valence-electron chi connectivity index (χ0n) is 11.0. The van der Waals surface area contributed by atoms with Gasteiger partial charge in [-0.15, -0.1) is 0 Å². The number of nitrogen functional groups attached to an aromatic ring is 1. The maximum Gasteiger partial charge on any atom is 0.265 e. The summed E-state index contributed by atoms with van der Waals surface area (Å²) >= 11 is 0. The van der Waals surface area contributed by atoms with E-state index < -0.39 is 0 Å². The molecule has 1 aromatic carbocycles. The summed E-state index contributed by atoms with van der Waals surface area (Å²) in [6, 6.07) is 7.64. The lowest BCUT2D eigenvalue weighted by Crippen LogP contribution is -2.29. The molecule has 1 aromatic rings. The fourth-order valence-corrected chi connectivity index (χ4v) is 2.48. The second-order valence-corrected chi connectivity index (χ2v) is 5.32. The van der Waals surface area contributed by atoms with Crippen LogP contribution in [0.3, 0.4) is 0 Å². The third-order valence-corrected chi connectivity index (χ3v) is 3.82. The Hall–Kier alpha value is -1.39. The van der Waals surface area contributed by atoms with Crippen molar-refractivity contribution in [3.05, 3.63) is 35.4 Å². The summed E-state index contributed by atoms with van der Waals surface area (Å²) in [6.07, 6.45) is 0. The van der Waals surface area contributed by atoms with Crippen LogP contribution in [0.15, 0.2) is 24.3 Å².